The average molecular weight is 402 g/mol. The molecule has 3 amide bonds. The number of fused-ring (bicyclic) bond motifs is 3. The maximum atomic E-state index is 13.1. The van der Waals surface area contributed by atoms with E-state index in [9.17, 15) is 14.4 Å². The number of piperidine rings is 1. The Hall–Kier alpha value is -2.02. The van der Waals surface area contributed by atoms with E-state index >= 15 is 0 Å². The highest BCUT2D eigenvalue weighted by molar-refractivity contribution is 7.99. The fourth-order valence-electron chi connectivity index (χ4n) is 4.32. The highest BCUT2D eigenvalue weighted by atomic mass is 32.2. The third-order valence-electron chi connectivity index (χ3n) is 5.89. The van der Waals surface area contributed by atoms with Crippen LogP contribution in [0, 0.1) is 5.92 Å². The van der Waals surface area contributed by atoms with Gasteiger partial charge < -0.3 is 15.1 Å². The molecule has 2 saturated heterocycles. The largest absolute Gasteiger partial charge is 0.342 e. The predicted octanol–water partition coefficient (Wildman–Crippen LogP) is 2.41. The fraction of sp³-hybridized carbons (Fsp3) is 0.571. The van der Waals surface area contributed by atoms with Crippen molar-refractivity contribution in [1.29, 1.82) is 0 Å². The average Bonchev–Trinajstić information content (AvgIpc) is 3.26. The highest BCUT2D eigenvalue weighted by Gasteiger charge is 2.48. The van der Waals surface area contributed by atoms with Crippen molar-refractivity contribution < 1.29 is 14.4 Å². The zero-order chi connectivity index (χ0) is 19.8. The van der Waals surface area contributed by atoms with Crippen molar-refractivity contribution in [2.75, 3.05) is 18.8 Å². The Kier molecular flexibility index (Phi) is 5.36. The zero-order valence-electron chi connectivity index (χ0n) is 16.4. The summed E-state index contributed by atoms with van der Waals surface area (Å²) in [7, 11) is 0. The predicted molar refractivity (Wildman–Crippen MR) is 109 cm³/mol. The summed E-state index contributed by atoms with van der Waals surface area (Å²) < 4.78 is 0. The van der Waals surface area contributed by atoms with Gasteiger partial charge in [-0.2, -0.15) is 0 Å². The lowest BCUT2D eigenvalue weighted by molar-refractivity contribution is -0.139. The lowest BCUT2D eigenvalue weighted by atomic mass is 10.0. The first kappa shape index (κ1) is 19.3. The minimum absolute atomic E-state index is 0.00119. The number of hydrogen-bond donors (Lipinski definition) is 1. The van der Waals surface area contributed by atoms with Crippen LogP contribution < -0.4 is 5.32 Å². The number of nitrogens with zero attached hydrogens (tertiary/aromatic N) is 2. The van der Waals surface area contributed by atoms with E-state index in [0.29, 0.717) is 11.3 Å². The molecule has 0 bridgehead atoms. The van der Waals surface area contributed by atoms with Crippen molar-refractivity contribution >= 4 is 29.5 Å². The van der Waals surface area contributed by atoms with E-state index in [2.05, 4.69) is 5.32 Å². The summed E-state index contributed by atoms with van der Waals surface area (Å²) in [5.74, 6) is 0.240. The van der Waals surface area contributed by atoms with Gasteiger partial charge in [0, 0.05) is 24.4 Å². The molecule has 3 atom stereocenters. The second kappa shape index (κ2) is 7.78. The van der Waals surface area contributed by atoms with Gasteiger partial charge in [0.25, 0.3) is 5.91 Å². The van der Waals surface area contributed by atoms with Gasteiger partial charge in [-0.05, 0) is 36.8 Å². The first-order valence-electron chi connectivity index (χ1n) is 10.1. The Morgan fingerprint density at radius 2 is 1.86 bits per heavy atom. The number of thioether (sulfide) groups is 1. The number of rotatable bonds is 4. The van der Waals surface area contributed by atoms with Gasteiger partial charge in [0.05, 0.1) is 0 Å². The van der Waals surface area contributed by atoms with E-state index in [1.807, 2.05) is 43.0 Å². The first-order chi connectivity index (χ1) is 13.5. The molecular weight excluding hydrogens is 374 g/mol. The van der Waals surface area contributed by atoms with E-state index in [4.69, 9.17) is 0 Å². The van der Waals surface area contributed by atoms with Crippen LogP contribution in [0.15, 0.2) is 24.3 Å². The minimum atomic E-state index is -0.547. The number of benzene rings is 1. The second-order valence-corrected chi connectivity index (χ2v) is 9.23. The Labute approximate surface area is 170 Å². The van der Waals surface area contributed by atoms with Gasteiger partial charge in [-0.25, -0.2) is 0 Å². The maximum Gasteiger partial charge on any atom is 0.256 e. The van der Waals surface area contributed by atoms with E-state index in [0.717, 1.165) is 37.9 Å². The summed E-state index contributed by atoms with van der Waals surface area (Å²) in [6, 6.07) is 6.48. The molecule has 28 heavy (non-hydrogen) atoms. The highest BCUT2D eigenvalue weighted by Crippen LogP contribution is 2.48. The zero-order valence-corrected chi connectivity index (χ0v) is 17.2. The summed E-state index contributed by atoms with van der Waals surface area (Å²) in [6.07, 6.45) is 3.19. The Bertz CT molecular complexity index is 791. The number of amides is 3. The summed E-state index contributed by atoms with van der Waals surface area (Å²) in [5, 5.41) is 2.88. The molecule has 150 valence electrons. The number of nitrogens with one attached hydrogen (secondary N) is 1. The minimum Gasteiger partial charge on any atom is -0.342 e. The van der Waals surface area contributed by atoms with E-state index < -0.39 is 12.1 Å². The van der Waals surface area contributed by atoms with Gasteiger partial charge in [0.15, 0.2) is 0 Å². The Morgan fingerprint density at radius 1 is 1.14 bits per heavy atom. The van der Waals surface area contributed by atoms with Gasteiger partial charge in [-0.3, -0.25) is 14.4 Å². The molecular formula is C21H27N3O3S. The molecule has 3 aliphatic rings. The normalized spacial score (nSPS) is 24.9. The van der Waals surface area contributed by atoms with Crippen molar-refractivity contribution in [2.24, 2.45) is 5.92 Å². The lowest BCUT2D eigenvalue weighted by Crippen LogP contribution is -2.56. The van der Waals surface area contributed by atoms with Crippen molar-refractivity contribution in [3.05, 3.63) is 35.4 Å². The van der Waals surface area contributed by atoms with E-state index in [-0.39, 0.29) is 29.0 Å². The fourth-order valence-corrected chi connectivity index (χ4v) is 5.78. The van der Waals surface area contributed by atoms with Gasteiger partial charge in [0.1, 0.15) is 17.5 Å². The topological polar surface area (TPSA) is 69.7 Å². The van der Waals surface area contributed by atoms with Crippen LogP contribution in [0.1, 0.15) is 54.4 Å². The van der Waals surface area contributed by atoms with E-state index in [1.165, 1.54) is 0 Å². The number of carbonyl (C=O) groups is 3. The molecule has 0 spiro atoms. The molecule has 0 saturated carbocycles. The van der Waals surface area contributed by atoms with Gasteiger partial charge in [0.2, 0.25) is 11.8 Å². The molecule has 1 N–H and O–H groups in total. The summed E-state index contributed by atoms with van der Waals surface area (Å²) in [5.41, 5.74) is 1.67. The van der Waals surface area contributed by atoms with E-state index in [1.54, 1.807) is 16.7 Å². The molecule has 1 aromatic carbocycles. The summed E-state index contributed by atoms with van der Waals surface area (Å²) in [6.45, 7) is 5.43. The molecule has 6 nitrogen and oxygen atoms in total. The Morgan fingerprint density at radius 3 is 2.57 bits per heavy atom. The van der Waals surface area contributed by atoms with Crippen LogP contribution >= 0.6 is 11.8 Å². The van der Waals surface area contributed by atoms with Crippen LogP contribution in [0.2, 0.25) is 0 Å². The van der Waals surface area contributed by atoms with Crippen molar-refractivity contribution in [1.82, 2.24) is 15.1 Å². The van der Waals surface area contributed by atoms with Crippen LogP contribution in [0.3, 0.4) is 0 Å². The SMILES string of the molecule is CC(C)[C@H](NC(=O)[C@@H]1CS[C@@H]2c3ccccc3C(=O)N21)C(=O)N1CCCCC1. The molecule has 2 fully saturated rings. The van der Waals surface area contributed by atoms with Crippen LogP contribution in [0.4, 0.5) is 0 Å². The quantitative estimate of drug-likeness (QED) is 0.841. The van der Waals surface area contributed by atoms with Gasteiger partial charge >= 0.3 is 0 Å². The molecule has 0 unspecified atom stereocenters. The molecule has 3 aliphatic heterocycles. The number of likely N-dealkylation sites (tertiary alicyclic amines) is 1. The first-order valence-corrected chi connectivity index (χ1v) is 11.2. The van der Waals surface area contributed by atoms with Crippen LogP contribution in [-0.2, 0) is 9.59 Å². The molecule has 0 aromatic heterocycles. The summed E-state index contributed by atoms with van der Waals surface area (Å²) in [4.78, 5) is 42.5. The molecule has 7 heteroatoms. The molecule has 1 aromatic rings. The van der Waals surface area contributed by atoms with Crippen molar-refractivity contribution in [2.45, 2.75) is 50.6 Å². The van der Waals surface area contributed by atoms with Gasteiger partial charge in [-0.15, -0.1) is 11.8 Å². The Balaban J connectivity index is 1.48. The molecule has 0 radical (unpaired) electrons. The smallest absolute Gasteiger partial charge is 0.256 e. The third kappa shape index (κ3) is 3.30. The number of hydrogen-bond acceptors (Lipinski definition) is 4. The van der Waals surface area contributed by atoms with Crippen LogP contribution in [-0.4, -0.2) is 58.4 Å². The molecule has 4 rings (SSSR count). The maximum absolute atomic E-state index is 13.1. The van der Waals surface area contributed by atoms with Crippen LogP contribution in [0.5, 0.6) is 0 Å². The van der Waals surface area contributed by atoms with Crippen molar-refractivity contribution in [3.8, 4) is 0 Å². The molecule has 3 heterocycles. The lowest BCUT2D eigenvalue weighted by Gasteiger charge is -2.33. The third-order valence-corrected chi connectivity index (χ3v) is 7.20. The van der Waals surface area contributed by atoms with Gasteiger partial charge in [-0.1, -0.05) is 32.0 Å². The van der Waals surface area contributed by atoms with Crippen molar-refractivity contribution in [3.63, 3.8) is 0 Å². The summed E-state index contributed by atoms with van der Waals surface area (Å²) >= 11 is 1.62. The number of carbonyl (C=O) groups excluding carboxylic acids is 3. The standard InChI is InChI=1S/C21H27N3O3S/c1-13(2)17(20(27)23-10-6-3-7-11-23)22-18(25)16-12-28-21-15-9-5-4-8-14(15)19(26)24(16)21/h4-5,8-9,13,16-17,21H,3,6-7,10-12H2,1-2H3,(H,22,25)/t16-,17-,21+/m0/s1. The monoisotopic (exact) mass is 401 g/mol. The van der Waals surface area contributed by atoms with Crippen LogP contribution in [0.25, 0.3) is 0 Å². The second-order valence-electron chi connectivity index (χ2n) is 8.12. The molecule has 0 aliphatic carbocycles.